The van der Waals surface area contributed by atoms with Gasteiger partial charge in [-0.1, -0.05) is 0 Å². The Hall–Kier alpha value is -2.63. The lowest BCUT2D eigenvalue weighted by atomic mass is 10.2. The molecular formula is C18H22N4O2. The second kappa shape index (κ2) is 7.29. The van der Waals surface area contributed by atoms with Crippen molar-refractivity contribution in [3.05, 3.63) is 41.6 Å². The molecule has 1 aliphatic heterocycles. The standard InChI is InChI=1S/C18H22N4O2/c1-3-24-17(23)14-6-8-15(9-7-14)20-16-12-13(2)19-18(21-16)22-10-4-5-11-22/h6-9,12H,3-5,10-11H2,1-2H3,(H,19,20,21). The molecule has 0 aliphatic carbocycles. The maximum Gasteiger partial charge on any atom is 0.338 e. The van der Waals surface area contributed by atoms with Crippen LogP contribution in [0.4, 0.5) is 17.5 Å². The van der Waals surface area contributed by atoms with Crippen LogP contribution in [0.15, 0.2) is 30.3 Å². The van der Waals surface area contributed by atoms with E-state index in [0.717, 1.165) is 36.2 Å². The lowest BCUT2D eigenvalue weighted by Gasteiger charge is -2.17. The van der Waals surface area contributed by atoms with E-state index in [1.54, 1.807) is 19.1 Å². The van der Waals surface area contributed by atoms with E-state index in [4.69, 9.17) is 4.74 Å². The van der Waals surface area contributed by atoms with E-state index >= 15 is 0 Å². The molecule has 2 heterocycles. The number of nitrogens with zero attached hydrogens (tertiary/aromatic N) is 3. The average molecular weight is 326 g/mol. The predicted octanol–water partition coefficient (Wildman–Crippen LogP) is 3.31. The van der Waals surface area contributed by atoms with Gasteiger partial charge in [0.2, 0.25) is 5.95 Å². The minimum Gasteiger partial charge on any atom is -0.462 e. The highest BCUT2D eigenvalue weighted by atomic mass is 16.5. The molecule has 1 N–H and O–H groups in total. The van der Waals surface area contributed by atoms with Crippen LogP contribution in [0.2, 0.25) is 0 Å². The van der Waals surface area contributed by atoms with E-state index in [-0.39, 0.29) is 5.97 Å². The number of anilines is 3. The molecule has 6 heteroatoms. The largest absolute Gasteiger partial charge is 0.462 e. The number of ether oxygens (including phenoxy) is 1. The van der Waals surface area contributed by atoms with Crippen LogP contribution in [0.3, 0.4) is 0 Å². The third-order valence-corrected chi connectivity index (χ3v) is 3.90. The topological polar surface area (TPSA) is 67.3 Å². The second-order valence-electron chi connectivity index (χ2n) is 5.81. The van der Waals surface area contributed by atoms with Gasteiger partial charge >= 0.3 is 5.97 Å². The Morgan fingerprint density at radius 2 is 1.92 bits per heavy atom. The highest BCUT2D eigenvalue weighted by Gasteiger charge is 2.16. The number of rotatable bonds is 5. The Morgan fingerprint density at radius 3 is 2.58 bits per heavy atom. The Balaban J connectivity index is 1.74. The molecular weight excluding hydrogens is 304 g/mol. The molecule has 0 bridgehead atoms. The Morgan fingerprint density at radius 1 is 1.21 bits per heavy atom. The minimum atomic E-state index is -0.307. The molecule has 1 aliphatic rings. The van der Waals surface area contributed by atoms with Gasteiger partial charge in [0.05, 0.1) is 12.2 Å². The Bertz CT molecular complexity index is 709. The van der Waals surface area contributed by atoms with Crippen LogP contribution in [0, 0.1) is 6.92 Å². The van der Waals surface area contributed by atoms with Crippen molar-refractivity contribution in [3.63, 3.8) is 0 Å². The van der Waals surface area contributed by atoms with E-state index < -0.39 is 0 Å². The van der Waals surface area contributed by atoms with Gasteiger partial charge in [0.25, 0.3) is 0 Å². The first-order valence-electron chi connectivity index (χ1n) is 8.30. The van der Waals surface area contributed by atoms with Crippen molar-refractivity contribution >= 4 is 23.4 Å². The average Bonchev–Trinajstić information content (AvgIpc) is 3.10. The zero-order valence-corrected chi connectivity index (χ0v) is 14.1. The van der Waals surface area contributed by atoms with E-state index in [0.29, 0.717) is 12.2 Å². The lowest BCUT2D eigenvalue weighted by molar-refractivity contribution is 0.0526. The molecule has 1 saturated heterocycles. The summed E-state index contributed by atoms with van der Waals surface area (Å²) < 4.78 is 4.99. The lowest BCUT2D eigenvalue weighted by Crippen LogP contribution is -2.21. The number of aromatic nitrogens is 2. The zero-order valence-electron chi connectivity index (χ0n) is 14.1. The molecule has 0 spiro atoms. The fourth-order valence-electron chi connectivity index (χ4n) is 2.73. The first-order valence-corrected chi connectivity index (χ1v) is 8.30. The summed E-state index contributed by atoms with van der Waals surface area (Å²) in [6.45, 7) is 6.16. The number of hydrogen-bond donors (Lipinski definition) is 1. The number of esters is 1. The summed E-state index contributed by atoms with van der Waals surface area (Å²) in [5.74, 6) is 1.23. The van der Waals surface area contributed by atoms with Gasteiger partial charge in [-0.15, -0.1) is 0 Å². The van der Waals surface area contributed by atoms with Crippen LogP contribution in [0.25, 0.3) is 0 Å². The maximum absolute atomic E-state index is 11.7. The van der Waals surface area contributed by atoms with Crippen LogP contribution >= 0.6 is 0 Å². The van der Waals surface area contributed by atoms with Crippen molar-refractivity contribution in [3.8, 4) is 0 Å². The third kappa shape index (κ3) is 3.82. The SMILES string of the molecule is CCOC(=O)c1ccc(Nc2cc(C)nc(N3CCCC3)n2)cc1. The number of hydrogen-bond acceptors (Lipinski definition) is 6. The summed E-state index contributed by atoms with van der Waals surface area (Å²) >= 11 is 0. The summed E-state index contributed by atoms with van der Waals surface area (Å²) in [7, 11) is 0. The summed E-state index contributed by atoms with van der Waals surface area (Å²) in [5, 5.41) is 3.28. The van der Waals surface area contributed by atoms with Gasteiger partial charge < -0.3 is 15.0 Å². The number of benzene rings is 1. The van der Waals surface area contributed by atoms with E-state index in [1.165, 1.54) is 12.8 Å². The third-order valence-electron chi connectivity index (χ3n) is 3.90. The van der Waals surface area contributed by atoms with Gasteiger partial charge in [0.1, 0.15) is 5.82 Å². The van der Waals surface area contributed by atoms with Crippen LogP contribution in [0.5, 0.6) is 0 Å². The van der Waals surface area contributed by atoms with Crippen molar-refractivity contribution in [2.75, 3.05) is 29.9 Å². The molecule has 0 saturated carbocycles. The number of nitrogens with one attached hydrogen (secondary N) is 1. The molecule has 1 aromatic carbocycles. The Kier molecular flexibility index (Phi) is 4.93. The van der Waals surface area contributed by atoms with Gasteiger partial charge in [0.15, 0.2) is 0 Å². The molecule has 1 fully saturated rings. The number of carbonyl (C=O) groups excluding carboxylic acids is 1. The fourth-order valence-corrected chi connectivity index (χ4v) is 2.73. The minimum absolute atomic E-state index is 0.307. The quantitative estimate of drug-likeness (QED) is 0.850. The van der Waals surface area contributed by atoms with Gasteiger partial charge in [0, 0.05) is 30.5 Å². The van der Waals surface area contributed by atoms with Crippen LogP contribution < -0.4 is 10.2 Å². The van der Waals surface area contributed by atoms with Crippen LogP contribution in [-0.2, 0) is 4.74 Å². The van der Waals surface area contributed by atoms with E-state index in [1.807, 2.05) is 25.1 Å². The molecule has 126 valence electrons. The summed E-state index contributed by atoms with van der Waals surface area (Å²) in [5.41, 5.74) is 2.34. The zero-order chi connectivity index (χ0) is 16.9. The predicted molar refractivity (Wildman–Crippen MR) is 93.9 cm³/mol. The van der Waals surface area contributed by atoms with Crippen LogP contribution in [-0.4, -0.2) is 35.6 Å². The maximum atomic E-state index is 11.7. The second-order valence-corrected chi connectivity index (χ2v) is 5.81. The van der Waals surface area contributed by atoms with Crippen molar-refractivity contribution in [1.29, 1.82) is 0 Å². The molecule has 0 amide bonds. The Labute approximate surface area is 141 Å². The van der Waals surface area contributed by atoms with Crippen molar-refractivity contribution in [1.82, 2.24) is 9.97 Å². The molecule has 0 atom stereocenters. The van der Waals surface area contributed by atoms with Crippen molar-refractivity contribution in [2.45, 2.75) is 26.7 Å². The number of carbonyl (C=O) groups is 1. The summed E-state index contributed by atoms with van der Waals surface area (Å²) in [6.07, 6.45) is 2.38. The molecule has 2 aromatic rings. The highest BCUT2D eigenvalue weighted by molar-refractivity contribution is 5.89. The molecule has 24 heavy (non-hydrogen) atoms. The number of aryl methyl sites for hydroxylation is 1. The first kappa shape index (κ1) is 16.2. The summed E-state index contributed by atoms with van der Waals surface area (Å²) in [6, 6.07) is 9.10. The molecule has 0 radical (unpaired) electrons. The molecule has 0 unspecified atom stereocenters. The van der Waals surface area contributed by atoms with E-state index in [9.17, 15) is 4.79 Å². The highest BCUT2D eigenvalue weighted by Crippen LogP contribution is 2.21. The normalized spacial score (nSPS) is 13.8. The molecule has 3 rings (SSSR count). The van der Waals surface area contributed by atoms with Gasteiger partial charge in [-0.2, -0.15) is 4.98 Å². The smallest absolute Gasteiger partial charge is 0.338 e. The molecule has 1 aromatic heterocycles. The van der Waals surface area contributed by atoms with Crippen molar-refractivity contribution in [2.24, 2.45) is 0 Å². The van der Waals surface area contributed by atoms with Crippen LogP contribution in [0.1, 0.15) is 35.8 Å². The van der Waals surface area contributed by atoms with Gasteiger partial charge in [-0.3, -0.25) is 0 Å². The van der Waals surface area contributed by atoms with Gasteiger partial charge in [-0.05, 0) is 51.0 Å². The van der Waals surface area contributed by atoms with E-state index in [2.05, 4.69) is 20.2 Å². The summed E-state index contributed by atoms with van der Waals surface area (Å²) in [4.78, 5) is 23.0. The fraction of sp³-hybridized carbons (Fsp3) is 0.389. The monoisotopic (exact) mass is 326 g/mol. The molecule has 6 nitrogen and oxygen atoms in total. The first-order chi connectivity index (χ1) is 11.7. The van der Waals surface area contributed by atoms with Crippen molar-refractivity contribution < 1.29 is 9.53 Å². The van der Waals surface area contributed by atoms with Gasteiger partial charge in [-0.25, -0.2) is 9.78 Å².